The molecule has 3 atom stereocenters. The molecule has 1 aliphatic carbocycles. The normalized spacial score (nSPS) is 21.2. The number of nitrogens with zero attached hydrogens (tertiary/aromatic N) is 6. The van der Waals surface area contributed by atoms with Crippen LogP contribution in [0.3, 0.4) is 0 Å². The molecule has 2 fully saturated rings. The van der Waals surface area contributed by atoms with Crippen molar-refractivity contribution in [3.63, 3.8) is 0 Å². The minimum atomic E-state index is -0.258. The first-order valence-corrected chi connectivity index (χ1v) is 14.4. The molecule has 0 bridgehead atoms. The average molecular weight is 562 g/mol. The predicted octanol–water partition coefficient (Wildman–Crippen LogP) is 4.61. The van der Waals surface area contributed by atoms with Crippen molar-refractivity contribution in [1.29, 1.82) is 0 Å². The Balaban J connectivity index is 1.15. The number of anilines is 2. The smallest absolute Gasteiger partial charge is 0.134 e. The van der Waals surface area contributed by atoms with Gasteiger partial charge in [-0.05, 0) is 74.5 Å². The van der Waals surface area contributed by atoms with E-state index in [4.69, 9.17) is 15.0 Å². The van der Waals surface area contributed by atoms with E-state index in [0.717, 1.165) is 82.0 Å². The zero-order valence-corrected chi connectivity index (χ0v) is 24.0. The Morgan fingerprint density at radius 2 is 2.02 bits per heavy atom. The topological polar surface area (TPSA) is 105 Å². The summed E-state index contributed by atoms with van der Waals surface area (Å²) in [5.41, 5.74) is 10.8. The van der Waals surface area contributed by atoms with Crippen molar-refractivity contribution < 1.29 is 4.39 Å². The molecule has 1 aromatic carbocycles. The van der Waals surface area contributed by atoms with Crippen LogP contribution < -0.4 is 16.0 Å². The number of rotatable bonds is 7. The van der Waals surface area contributed by atoms with Crippen LogP contribution in [-0.4, -0.2) is 63.5 Å². The van der Waals surface area contributed by atoms with Gasteiger partial charge in [-0.1, -0.05) is 6.07 Å². The molecule has 0 spiro atoms. The SMILES string of the molecule is Cc1ncc(-c2ccc3c(n2)C(C2=C4C[C@H]4c4c(-c5cc(F)cc(NCCN(C)C)c5)ccnc4N2)=NC2NC32)n1C. The first kappa shape index (κ1) is 25.3. The van der Waals surface area contributed by atoms with Gasteiger partial charge in [-0.3, -0.25) is 10.3 Å². The Hall–Kier alpha value is -4.41. The molecule has 212 valence electrons. The third kappa shape index (κ3) is 4.13. The monoisotopic (exact) mass is 561 g/mol. The summed E-state index contributed by atoms with van der Waals surface area (Å²) in [6, 6.07) is 11.6. The molecule has 1 saturated carbocycles. The van der Waals surface area contributed by atoms with Crippen LogP contribution in [-0.2, 0) is 7.05 Å². The van der Waals surface area contributed by atoms with Crippen LogP contribution in [0.1, 0.15) is 41.0 Å². The van der Waals surface area contributed by atoms with Gasteiger partial charge >= 0.3 is 0 Å². The standard InChI is InChI=1S/C32H32FN9/c1-16-36-15-25(42(16)4)24-6-5-21-27(37-24)30(40-32-29(21)39-32)28-23-14-22(23)26-20(7-8-35-31(26)38-28)17-11-18(33)13-19(12-17)34-9-10-41(2)3/h5-8,11-13,15,22,29,32,34,39H,9-10,14H2,1-4H3,(H,35,38)/t22-,29?,32?/m1/s1. The van der Waals surface area contributed by atoms with E-state index in [0.29, 0.717) is 0 Å². The number of halogens is 1. The summed E-state index contributed by atoms with van der Waals surface area (Å²) in [7, 11) is 6.06. The predicted molar refractivity (Wildman–Crippen MR) is 162 cm³/mol. The Morgan fingerprint density at radius 1 is 1.14 bits per heavy atom. The fraction of sp³-hybridized carbons (Fsp3) is 0.312. The highest BCUT2D eigenvalue weighted by Gasteiger charge is 2.48. The number of fused-ring (bicyclic) bond motifs is 6. The van der Waals surface area contributed by atoms with Crippen molar-refractivity contribution >= 4 is 17.2 Å². The van der Waals surface area contributed by atoms with Crippen LogP contribution in [0.5, 0.6) is 0 Å². The largest absolute Gasteiger partial charge is 0.384 e. The molecule has 0 amide bonds. The van der Waals surface area contributed by atoms with Gasteiger partial charge in [0.05, 0.1) is 35.0 Å². The van der Waals surface area contributed by atoms with E-state index in [1.165, 1.54) is 11.1 Å². The number of aromatic nitrogens is 4. The van der Waals surface area contributed by atoms with Crippen molar-refractivity contribution in [3.8, 4) is 22.5 Å². The first-order valence-electron chi connectivity index (χ1n) is 14.4. The second-order valence-electron chi connectivity index (χ2n) is 11.8. The third-order valence-electron chi connectivity index (χ3n) is 8.72. The number of imidazole rings is 1. The van der Waals surface area contributed by atoms with Gasteiger partial charge < -0.3 is 20.1 Å². The number of aliphatic imine (C=N–C) groups is 1. The van der Waals surface area contributed by atoms with Crippen LogP contribution >= 0.6 is 0 Å². The molecule has 3 aromatic heterocycles. The van der Waals surface area contributed by atoms with Gasteiger partial charge in [-0.15, -0.1) is 0 Å². The lowest BCUT2D eigenvalue weighted by Crippen LogP contribution is -2.23. The quantitative estimate of drug-likeness (QED) is 0.283. The number of allylic oxidation sites excluding steroid dienone is 2. The van der Waals surface area contributed by atoms with E-state index in [9.17, 15) is 4.39 Å². The minimum Gasteiger partial charge on any atom is -0.384 e. The Bertz CT molecular complexity index is 1840. The van der Waals surface area contributed by atoms with E-state index in [-0.39, 0.29) is 23.9 Å². The van der Waals surface area contributed by atoms with Crippen LogP contribution in [0.4, 0.5) is 15.9 Å². The van der Waals surface area contributed by atoms with Crippen molar-refractivity contribution in [2.45, 2.75) is 31.5 Å². The highest BCUT2D eigenvalue weighted by atomic mass is 19.1. The number of hydrogen-bond donors (Lipinski definition) is 3. The molecule has 0 radical (unpaired) electrons. The highest BCUT2D eigenvalue weighted by Crippen LogP contribution is 2.57. The number of benzene rings is 1. The fourth-order valence-corrected chi connectivity index (χ4v) is 6.25. The summed E-state index contributed by atoms with van der Waals surface area (Å²) >= 11 is 0. The molecule has 8 rings (SSSR count). The number of nitrogens with one attached hydrogen (secondary N) is 3. The molecule has 4 aliphatic rings. The molecule has 42 heavy (non-hydrogen) atoms. The van der Waals surface area contributed by atoms with E-state index in [1.54, 1.807) is 18.3 Å². The van der Waals surface area contributed by atoms with Crippen molar-refractivity contribution in [1.82, 2.24) is 29.7 Å². The minimum absolute atomic E-state index is 0.0672. The fourth-order valence-electron chi connectivity index (χ4n) is 6.25. The first-order chi connectivity index (χ1) is 20.4. The molecule has 4 aromatic rings. The number of aryl methyl sites for hydroxylation is 1. The molecule has 1 saturated heterocycles. The molecule has 3 N–H and O–H groups in total. The van der Waals surface area contributed by atoms with Gasteiger partial charge in [0.1, 0.15) is 29.3 Å². The van der Waals surface area contributed by atoms with Crippen LogP contribution in [0, 0.1) is 12.7 Å². The molecule has 10 heteroatoms. The van der Waals surface area contributed by atoms with Gasteiger partial charge in [-0.25, -0.2) is 19.3 Å². The van der Waals surface area contributed by atoms with Crippen molar-refractivity contribution in [2.75, 3.05) is 37.8 Å². The Labute approximate surface area is 243 Å². The zero-order valence-electron chi connectivity index (χ0n) is 24.0. The Morgan fingerprint density at radius 3 is 2.83 bits per heavy atom. The Kier molecular flexibility index (Phi) is 5.61. The van der Waals surface area contributed by atoms with Gasteiger partial charge in [0.15, 0.2) is 0 Å². The lowest BCUT2D eigenvalue weighted by Gasteiger charge is -2.24. The maximum Gasteiger partial charge on any atom is 0.134 e. The maximum atomic E-state index is 14.8. The van der Waals surface area contributed by atoms with Gasteiger partial charge in [-0.2, -0.15) is 0 Å². The van der Waals surface area contributed by atoms with Gasteiger partial charge in [0.25, 0.3) is 0 Å². The van der Waals surface area contributed by atoms with E-state index in [1.807, 2.05) is 46.4 Å². The summed E-state index contributed by atoms with van der Waals surface area (Å²) in [6.45, 7) is 3.59. The maximum absolute atomic E-state index is 14.8. The van der Waals surface area contributed by atoms with E-state index >= 15 is 0 Å². The van der Waals surface area contributed by atoms with Gasteiger partial charge in [0, 0.05) is 49.1 Å². The van der Waals surface area contributed by atoms with E-state index in [2.05, 4.69) is 42.5 Å². The zero-order chi connectivity index (χ0) is 28.7. The molecular formula is C32H32FN9. The molecule has 6 heterocycles. The molecule has 2 unspecified atom stereocenters. The summed E-state index contributed by atoms with van der Waals surface area (Å²) in [5.74, 6) is 1.70. The van der Waals surface area contributed by atoms with Crippen molar-refractivity contribution in [2.24, 2.45) is 12.0 Å². The van der Waals surface area contributed by atoms with Crippen LogP contribution in [0.2, 0.25) is 0 Å². The average Bonchev–Trinajstić information content (AvgIpc) is 3.89. The molecular weight excluding hydrogens is 529 g/mol. The summed E-state index contributed by atoms with van der Waals surface area (Å²) in [6.07, 6.45) is 4.65. The second kappa shape index (κ2) is 9.30. The van der Waals surface area contributed by atoms with Crippen molar-refractivity contribution in [3.05, 3.63) is 88.5 Å². The third-order valence-corrected chi connectivity index (χ3v) is 8.72. The second-order valence-corrected chi connectivity index (χ2v) is 11.8. The molecule has 9 nitrogen and oxygen atoms in total. The van der Waals surface area contributed by atoms with E-state index < -0.39 is 0 Å². The van der Waals surface area contributed by atoms with Gasteiger partial charge in [0.2, 0.25) is 0 Å². The molecule has 3 aliphatic heterocycles. The summed E-state index contributed by atoms with van der Waals surface area (Å²) in [5, 5.41) is 10.5. The van der Waals surface area contributed by atoms with Crippen LogP contribution in [0.25, 0.3) is 22.5 Å². The summed E-state index contributed by atoms with van der Waals surface area (Å²) in [4.78, 5) is 21.5. The number of hydrogen-bond acceptors (Lipinski definition) is 8. The summed E-state index contributed by atoms with van der Waals surface area (Å²) < 4.78 is 16.8. The number of pyridine rings is 2. The lowest BCUT2D eigenvalue weighted by molar-refractivity contribution is 0.425. The highest BCUT2D eigenvalue weighted by molar-refractivity contribution is 6.16. The lowest BCUT2D eigenvalue weighted by atomic mass is 9.93. The number of likely N-dealkylation sites (N-methyl/N-ethyl adjacent to an activating group) is 1. The van der Waals surface area contributed by atoms with Crippen LogP contribution in [0.15, 0.2) is 65.1 Å².